The molecule has 5 nitrogen and oxygen atoms in total. The zero-order chi connectivity index (χ0) is 17.2. The van der Waals surface area contributed by atoms with Gasteiger partial charge in [-0.15, -0.1) is 0 Å². The lowest BCUT2D eigenvalue weighted by Crippen LogP contribution is -2.45. The average Bonchev–Trinajstić information content (AvgIpc) is 2.50. The molecule has 120 valence electrons. The highest BCUT2D eigenvalue weighted by atomic mass is 32.1. The Morgan fingerprint density at radius 1 is 1.17 bits per heavy atom. The van der Waals surface area contributed by atoms with Crippen LogP contribution in [0, 0.1) is 6.92 Å². The smallest absolute Gasteiger partial charge is 0.251 e. The molecule has 0 aliphatic rings. The number of nitrogens with one attached hydrogen (secondary N) is 1. The Morgan fingerprint density at radius 3 is 2.35 bits per heavy atom. The van der Waals surface area contributed by atoms with E-state index in [9.17, 15) is 9.59 Å². The third-order valence-electron chi connectivity index (χ3n) is 3.64. The molecule has 0 saturated carbocycles. The van der Waals surface area contributed by atoms with E-state index < -0.39 is 5.54 Å². The molecule has 2 rings (SSSR count). The number of rotatable bonds is 4. The van der Waals surface area contributed by atoms with Gasteiger partial charge < -0.3 is 15.6 Å². The molecule has 0 unspecified atom stereocenters. The quantitative estimate of drug-likeness (QED) is 0.843. The number of hydrogen-bond donors (Lipinski definition) is 2. The van der Waals surface area contributed by atoms with E-state index >= 15 is 0 Å². The van der Waals surface area contributed by atoms with Gasteiger partial charge in [-0.3, -0.25) is 9.59 Å². The van der Waals surface area contributed by atoms with E-state index in [4.69, 9.17) is 18.0 Å². The number of thiocarbonyl (C=S) groups is 1. The third-order valence-corrected chi connectivity index (χ3v) is 3.88. The number of hydrogen-bond acceptors (Lipinski definition) is 3. The molecule has 0 radical (unpaired) electrons. The number of aromatic nitrogens is 1. The van der Waals surface area contributed by atoms with Crippen LogP contribution in [0.1, 0.15) is 25.0 Å². The topological polar surface area (TPSA) is 77.1 Å². The first-order valence-electron chi connectivity index (χ1n) is 7.13. The van der Waals surface area contributed by atoms with Crippen molar-refractivity contribution in [3.8, 4) is 0 Å². The number of carbonyl (C=O) groups is 1. The van der Waals surface area contributed by atoms with Crippen LogP contribution in [0.25, 0.3) is 0 Å². The highest BCUT2D eigenvalue weighted by Crippen LogP contribution is 2.18. The normalized spacial score (nSPS) is 11.1. The Morgan fingerprint density at radius 2 is 1.78 bits per heavy atom. The Balaban J connectivity index is 2.26. The summed E-state index contributed by atoms with van der Waals surface area (Å²) in [6.45, 7) is 5.28. The van der Waals surface area contributed by atoms with Gasteiger partial charge in [0.1, 0.15) is 10.5 Å². The van der Waals surface area contributed by atoms with Gasteiger partial charge in [0.05, 0.1) is 0 Å². The monoisotopic (exact) mass is 329 g/mol. The van der Waals surface area contributed by atoms with Gasteiger partial charge in [0.25, 0.3) is 5.56 Å². The summed E-state index contributed by atoms with van der Waals surface area (Å²) < 4.78 is 1.43. The predicted molar refractivity (Wildman–Crippen MR) is 95.7 cm³/mol. The minimum absolute atomic E-state index is 0.223. The van der Waals surface area contributed by atoms with Gasteiger partial charge in [0, 0.05) is 23.5 Å². The fourth-order valence-electron chi connectivity index (χ4n) is 2.14. The van der Waals surface area contributed by atoms with Crippen molar-refractivity contribution < 1.29 is 4.79 Å². The van der Waals surface area contributed by atoms with Crippen LogP contribution in [0.5, 0.6) is 0 Å². The first kappa shape index (κ1) is 16.9. The van der Waals surface area contributed by atoms with Crippen LogP contribution in [-0.4, -0.2) is 15.5 Å². The lowest BCUT2D eigenvalue weighted by Gasteiger charge is -2.26. The number of anilines is 1. The highest BCUT2D eigenvalue weighted by Gasteiger charge is 2.30. The number of nitrogens with two attached hydrogens (primary N) is 1. The molecule has 1 aromatic heterocycles. The van der Waals surface area contributed by atoms with Gasteiger partial charge >= 0.3 is 0 Å². The molecule has 0 spiro atoms. The van der Waals surface area contributed by atoms with E-state index in [1.54, 1.807) is 50.4 Å². The molecule has 0 aliphatic carbocycles. The van der Waals surface area contributed by atoms with Crippen molar-refractivity contribution in [2.45, 2.75) is 26.3 Å². The maximum absolute atomic E-state index is 12.6. The molecule has 0 aliphatic heterocycles. The summed E-state index contributed by atoms with van der Waals surface area (Å²) in [6, 6.07) is 10.1. The Labute approximate surface area is 140 Å². The Bertz CT molecular complexity index is 807. The van der Waals surface area contributed by atoms with Crippen molar-refractivity contribution in [3.63, 3.8) is 0 Å². The molecule has 1 amide bonds. The van der Waals surface area contributed by atoms with Gasteiger partial charge in [0.2, 0.25) is 5.91 Å². The van der Waals surface area contributed by atoms with Crippen LogP contribution >= 0.6 is 12.2 Å². The fourth-order valence-corrected chi connectivity index (χ4v) is 2.28. The number of benzene rings is 1. The number of amides is 1. The zero-order valence-corrected chi connectivity index (χ0v) is 14.1. The molecule has 3 N–H and O–H groups in total. The zero-order valence-electron chi connectivity index (χ0n) is 13.3. The van der Waals surface area contributed by atoms with E-state index in [0.717, 1.165) is 11.1 Å². The molecular weight excluding hydrogens is 310 g/mol. The maximum atomic E-state index is 12.6. The third kappa shape index (κ3) is 3.65. The second kappa shape index (κ2) is 6.34. The summed E-state index contributed by atoms with van der Waals surface area (Å²) in [4.78, 5) is 24.9. The Hall–Kier alpha value is -2.47. The molecule has 1 heterocycles. The molecule has 23 heavy (non-hydrogen) atoms. The summed E-state index contributed by atoms with van der Waals surface area (Å²) in [5, 5.41) is 2.81. The van der Waals surface area contributed by atoms with Gasteiger partial charge in [-0.25, -0.2) is 0 Å². The molecular formula is C17H19N3O2S. The van der Waals surface area contributed by atoms with Crippen LogP contribution in [-0.2, 0) is 10.3 Å². The fraction of sp³-hybridized carbons (Fsp3) is 0.235. The van der Waals surface area contributed by atoms with Crippen LogP contribution in [0.3, 0.4) is 0 Å². The highest BCUT2D eigenvalue weighted by molar-refractivity contribution is 7.80. The minimum atomic E-state index is -1.02. The molecule has 6 heteroatoms. The Kier molecular flexibility index (Phi) is 4.65. The summed E-state index contributed by atoms with van der Waals surface area (Å²) in [7, 11) is 0. The van der Waals surface area contributed by atoms with Crippen LogP contribution in [0.15, 0.2) is 47.4 Å². The standard InChI is InChI=1S/C17H19N3O2S/c1-11-4-9-14(21)20(10-11)17(2,3)16(22)19-13-7-5-12(6-8-13)15(18)23/h4-10H,1-3H3,(H2,18,23)(H,19,22). The van der Waals surface area contributed by atoms with Crippen molar-refractivity contribution in [1.29, 1.82) is 0 Å². The van der Waals surface area contributed by atoms with E-state index in [1.807, 2.05) is 6.92 Å². The molecule has 1 aromatic carbocycles. The summed E-state index contributed by atoms with van der Waals surface area (Å²) in [5.74, 6) is -0.284. The molecule has 0 bridgehead atoms. The summed E-state index contributed by atoms with van der Waals surface area (Å²) >= 11 is 4.90. The summed E-state index contributed by atoms with van der Waals surface area (Å²) in [5.41, 5.74) is 6.55. The van der Waals surface area contributed by atoms with Crippen molar-refractivity contribution in [2.75, 3.05) is 5.32 Å². The largest absolute Gasteiger partial charge is 0.389 e. The lowest BCUT2D eigenvalue weighted by atomic mass is 10.0. The maximum Gasteiger partial charge on any atom is 0.251 e. The lowest BCUT2D eigenvalue weighted by molar-refractivity contribution is -0.123. The van der Waals surface area contributed by atoms with Gasteiger partial charge in [0.15, 0.2) is 0 Å². The average molecular weight is 329 g/mol. The predicted octanol–water partition coefficient (Wildman–Crippen LogP) is 2.16. The summed E-state index contributed by atoms with van der Waals surface area (Å²) in [6.07, 6.45) is 1.68. The van der Waals surface area contributed by atoms with Crippen molar-refractivity contribution in [1.82, 2.24) is 4.57 Å². The van der Waals surface area contributed by atoms with Crippen molar-refractivity contribution >= 4 is 28.8 Å². The number of pyridine rings is 1. The van der Waals surface area contributed by atoms with Gasteiger partial charge in [-0.2, -0.15) is 0 Å². The molecule has 0 fully saturated rings. The second-order valence-corrected chi connectivity index (χ2v) is 6.31. The number of nitrogens with zero attached hydrogens (tertiary/aromatic N) is 1. The van der Waals surface area contributed by atoms with E-state index in [1.165, 1.54) is 10.6 Å². The van der Waals surface area contributed by atoms with E-state index in [0.29, 0.717) is 10.7 Å². The molecule has 0 atom stereocenters. The second-order valence-electron chi connectivity index (χ2n) is 5.87. The first-order valence-corrected chi connectivity index (χ1v) is 7.54. The first-order chi connectivity index (χ1) is 10.7. The van der Waals surface area contributed by atoms with Gasteiger partial charge in [-0.1, -0.05) is 18.3 Å². The van der Waals surface area contributed by atoms with Crippen LogP contribution in [0.2, 0.25) is 0 Å². The number of carbonyl (C=O) groups excluding carboxylic acids is 1. The van der Waals surface area contributed by atoms with E-state index in [-0.39, 0.29) is 11.5 Å². The van der Waals surface area contributed by atoms with Crippen molar-refractivity contribution in [3.05, 3.63) is 64.1 Å². The minimum Gasteiger partial charge on any atom is -0.389 e. The van der Waals surface area contributed by atoms with Crippen molar-refractivity contribution in [2.24, 2.45) is 5.73 Å². The van der Waals surface area contributed by atoms with E-state index in [2.05, 4.69) is 5.32 Å². The van der Waals surface area contributed by atoms with Crippen LogP contribution < -0.4 is 16.6 Å². The van der Waals surface area contributed by atoms with Crippen LogP contribution in [0.4, 0.5) is 5.69 Å². The van der Waals surface area contributed by atoms with Gasteiger partial charge in [-0.05, 0) is 50.6 Å². The SMILES string of the molecule is Cc1ccc(=O)n(C(C)(C)C(=O)Nc2ccc(C(N)=S)cc2)c1. The number of aryl methyl sites for hydroxylation is 1. The molecule has 0 saturated heterocycles. The molecule has 2 aromatic rings.